The van der Waals surface area contributed by atoms with Crippen LogP contribution >= 0.6 is 0 Å². The van der Waals surface area contributed by atoms with Crippen LogP contribution in [-0.4, -0.2) is 66.0 Å². The standard InChI is InChI=1S/C24H29N7O/c1-17-8-9-25-21(14-17)28-22-16-23(27-18(2)26-22)30-10-12-31(13-11-30)24(32)19-6-5-7-20(15-19)29(3)4/h5-9,14-16H,10-13H2,1-4H3,(H,25,26,27,28). The molecule has 0 unspecified atom stereocenters. The molecular weight excluding hydrogens is 402 g/mol. The van der Waals surface area contributed by atoms with Crippen molar-refractivity contribution in [1.29, 1.82) is 0 Å². The molecular formula is C24H29N7O. The molecule has 8 nitrogen and oxygen atoms in total. The van der Waals surface area contributed by atoms with Gasteiger partial charge in [-0.25, -0.2) is 15.0 Å². The molecule has 0 aliphatic carbocycles. The third-order valence-corrected chi connectivity index (χ3v) is 5.50. The predicted molar refractivity (Wildman–Crippen MR) is 128 cm³/mol. The van der Waals surface area contributed by atoms with Crippen molar-refractivity contribution in [2.45, 2.75) is 13.8 Å². The summed E-state index contributed by atoms with van der Waals surface area (Å²) in [7, 11) is 3.95. The number of aryl methyl sites for hydroxylation is 2. The van der Waals surface area contributed by atoms with Crippen LogP contribution < -0.4 is 15.1 Å². The topological polar surface area (TPSA) is 77.5 Å². The number of carbonyl (C=O) groups is 1. The number of nitrogens with zero attached hydrogens (tertiary/aromatic N) is 6. The SMILES string of the molecule is Cc1ccnc(Nc2cc(N3CCN(C(=O)c4cccc(N(C)C)c4)CC3)nc(C)n2)c1. The third kappa shape index (κ3) is 4.96. The Hall–Kier alpha value is -3.68. The van der Waals surface area contributed by atoms with E-state index in [1.54, 1.807) is 6.20 Å². The normalized spacial score (nSPS) is 13.8. The molecule has 166 valence electrons. The maximum atomic E-state index is 13.0. The van der Waals surface area contributed by atoms with Crippen molar-refractivity contribution < 1.29 is 4.79 Å². The molecule has 0 saturated carbocycles. The van der Waals surface area contributed by atoms with Gasteiger partial charge in [0.05, 0.1) is 0 Å². The summed E-state index contributed by atoms with van der Waals surface area (Å²) in [5.41, 5.74) is 2.87. The molecule has 4 rings (SSSR count). The smallest absolute Gasteiger partial charge is 0.254 e. The third-order valence-electron chi connectivity index (χ3n) is 5.50. The van der Waals surface area contributed by atoms with Crippen LogP contribution in [-0.2, 0) is 0 Å². The van der Waals surface area contributed by atoms with Crippen LogP contribution in [0.25, 0.3) is 0 Å². The summed E-state index contributed by atoms with van der Waals surface area (Å²) in [6.07, 6.45) is 1.77. The van der Waals surface area contributed by atoms with E-state index >= 15 is 0 Å². The van der Waals surface area contributed by atoms with Crippen molar-refractivity contribution in [1.82, 2.24) is 19.9 Å². The van der Waals surface area contributed by atoms with E-state index in [4.69, 9.17) is 0 Å². The van der Waals surface area contributed by atoms with E-state index in [-0.39, 0.29) is 5.91 Å². The van der Waals surface area contributed by atoms with Gasteiger partial charge < -0.3 is 20.0 Å². The quantitative estimate of drug-likeness (QED) is 0.664. The minimum absolute atomic E-state index is 0.0695. The number of nitrogens with one attached hydrogen (secondary N) is 1. The minimum atomic E-state index is 0.0695. The molecule has 1 aliphatic rings. The van der Waals surface area contributed by atoms with Gasteiger partial charge in [-0.15, -0.1) is 0 Å². The van der Waals surface area contributed by atoms with Gasteiger partial charge in [0.2, 0.25) is 0 Å². The highest BCUT2D eigenvalue weighted by molar-refractivity contribution is 5.95. The van der Waals surface area contributed by atoms with E-state index in [2.05, 4.69) is 25.2 Å². The molecule has 1 aliphatic heterocycles. The van der Waals surface area contributed by atoms with Crippen molar-refractivity contribution in [3.63, 3.8) is 0 Å². The molecule has 32 heavy (non-hydrogen) atoms. The zero-order valence-electron chi connectivity index (χ0n) is 19.0. The molecule has 2 aromatic heterocycles. The summed E-state index contributed by atoms with van der Waals surface area (Å²) in [6.45, 7) is 6.65. The fourth-order valence-electron chi connectivity index (χ4n) is 3.75. The van der Waals surface area contributed by atoms with Crippen molar-refractivity contribution >= 4 is 29.0 Å². The van der Waals surface area contributed by atoms with Crippen LogP contribution in [0, 0.1) is 13.8 Å². The number of amides is 1. The number of benzene rings is 1. The van der Waals surface area contributed by atoms with Gasteiger partial charge in [-0.2, -0.15) is 0 Å². The van der Waals surface area contributed by atoms with E-state index in [0.717, 1.165) is 41.5 Å². The van der Waals surface area contributed by atoms with Gasteiger partial charge in [-0.3, -0.25) is 4.79 Å². The first-order chi connectivity index (χ1) is 15.4. The van der Waals surface area contributed by atoms with Crippen LogP contribution in [0.2, 0.25) is 0 Å². The van der Waals surface area contributed by atoms with Crippen molar-refractivity contribution in [3.8, 4) is 0 Å². The fraction of sp³-hybridized carbons (Fsp3) is 0.333. The van der Waals surface area contributed by atoms with Gasteiger partial charge in [0, 0.05) is 63.8 Å². The Morgan fingerprint density at radius 2 is 1.75 bits per heavy atom. The first-order valence-electron chi connectivity index (χ1n) is 10.8. The van der Waals surface area contributed by atoms with E-state index in [9.17, 15) is 4.79 Å². The summed E-state index contributed by atoms with van der Waals surface area (Å²) in [4.78, 5) is 32.6. The lowest BCUT2D eigenvalue weighted by Crippen LogP contribution is -2.49. The number of anilines is 4. The first-order valence-corrected chi connectivity index (χ1v) is 10.8. The van der Waals surface area contributed by atoms with Gasteiger partial charge in [-0.05, 0) is 49.7 Å². The maximum Gasteiger partial charge on any atom is 0.254 e. The van der Waals surface area contributed by atoms with Gasteiger partial charge in [0.15, 0.2) is 0 Å². The minimum Gasteiger partial charge on any atom is -0.378 e. The molecule has 0 bridgehead atoms. The van der Waals surface area contributed by atoms with E-state index in [1.807, 2.05) is 80.2 Å². The average molecular weight is 432 g/mol. The fourth-order valence-corrected chi connectivity index (χ4v) is 3.75. The lowest BCUT2D eigenvalue weighted by atomic mass is 10.1. The highest BCUT2D eigenvalue weighted by Gasteiger charge is 2.23. The molecule has 1 aromatic carbocycles. The van der Waals surface area contributed by atoms with Gasteiger partial charge >= 0.3 is 0 Å². The van der Waals surface area contributed by atoms with E-state index < -0.39 is 0 Å². The Labute approximate surface area is 188 Å². The maximum absolute atomic E-state index is 13.0. The van der Waals surface area contributed by atoms with E-state index in [1.165, 1.54) is 0 Å². The second-order valence-electron chi connectivity index (χ2n) is 8.23. The molecule has 3 aromatic rings. The second-order valence-corrected chi connectivity index (χ2v) is 8.23. The van der Waals surface area contributed by atoms with Crippen LogP contribution in [0.4, 0.5) is 23.1 Å². The summed E-state index contributed by atoms with van der Waals surface area (Å²) in [6, 6.07) is 13.6. The monoisotopic (exact) mass is 431 g/mol. The Kier molecular flexibility index (Phi) is 6.20. The Morgan fingerprint density at radius 1 is 0.969 bits per heavy atom. The van der Waals surface area contributed by atoms with Gasteiger partial charge in [0.25, 0.3) is 5.91 Å². The van der Waals surface area contributed by atoms with Gasteiger partial charge in [0.1, 0.15) is 23.3 Å². The number of hydrogen-bond donors (Lipinski definition) is 1. The summed E-state index contributed by atoms with van der Waals surface area (Å²) in [5.74, 6) is 3.08. The molecule has 1 amide bonds. The molecule has 1 fully saturated rings. The average Bonchev–Trinajstić information content (AvgIpc) is 2.78. The van der Waals surface area contributed by atoms with Gasteiger partial charge in [-0.1, -0.05) is 6.07 Å². The van der Waals surface area contributed by atoms with Crippen molar-refractivity contribution in [2.24, 2.45) is 0 Å². The second kappa shape index (κ2) is 9.21. The molecule has 0 atom stereocenters. The summed E-state index contributed by atoms with van der Waals surface area (Å²) in [5, 5.41) is 3.27. The summed E-state index contributed by atoms with van der Waals surface area (Å²) < 4.78 is 0. The Morgan fingerprint density at radius 3 is 2.47 bits per heavy atom. The molecule has 3 heterocycles. The highest BCUT2D eigenvalue weighted by atomic mass is 16.2. The zero-order valence-corrected chi connectivity index (χ0v) is 19.0. The summed E-state index contributed by atoms with van der Waals surface area (Å²) >= 11 is 0. The number of pyridine rings is 1. The number of carbonyl (C=O) groups excluding carboxylic acids is 1. The Balaban J connectivity index is 1.43. The lowest BCUT2D eigenvalue weighted by Gasteiger charge is -2.35. The number of rotatable bonds is 5. The molecule has 8 heteroatoms. The highest BCUT2D eigenvalue weighted by Crippen LogP contribution is 2.22. The largest absolute Gasteiger partial charge is 0.378 e. The number of aromatic nitrogens is 3. The molecule has 1 saturated heterocycles. The number of piperazine rings is 1. The van der Waals surface area contributed by atoms with Crippen LogP contribution in [0.5, 0.6) is 0 Å². The van der Waals surface area contributed by atoms with Crippen LogP contribution in [0.3, 0.4) is 0 Å². The zero-order chi connectivity index (χ0) is 22.7. The first kappa shape index (κ1) is 21.5. The molecule has 0 spiro atoms. The predicted octanol–water partition coefficient (Wildman–Crippen LogP) is 3.26. The Bertz CT molecular complexity index is 1110. The lowest BCUT2D eigenvalue weighted by molar-refractivity contribution is 0.0746. The van der Waals surface area contributed by atoms with Crippen molar-refractivity contribution in [2.75, 3.05) is 55.4 Å². The van der Waals surface area contributed by atoms with Crippen molar-refractivity contribution in [3.05, 3.63) is 65.6 Å². The van der Waals surface area contributed by atoms with Crippen LogP contribution in [0.1, 0.15) is 21.7 Å². The van der Waals surface area contributed by atoms with Crippen LogP contribution in [0.15, 0.2) is 48.7 Å². The molecule has 1 N–H and O–H groups in total. The number of hydrogen-bond acceptors (Lipinski definition) is 7. The van der Waals surface area contributed by atoms with E-state index in [0.29, 0.717) is 24.7 Å². The molecule has 0 radical (unpaired) electrons.